The molecule has 144 valence electrons. The fraction of sp³-hybridized carbons (Fsp3) is 0.0833. The van der Waals surface area contributed by atoms with Crippen molar-refractivity contribution in [3.63, 3.8) is 0 Å². The monoisotopic (exact) mass is 382 g/mol. The zero-order chi connectivity index (χ0) is 20.8. The molecule has 3 aromatic rings. The van der Waals surface area contributed by atoms with Gasteiger partial charge < -0.3 is 16.0 Å². The molecule has 5 nitrogen and oxygen atoms in total. The average molecular weight is 382 g/mol. The Morgan fingerprint density at radius 2 is 1.62 bits per heavy atom. The van der Waals surface area contributed by atoms with Crippen molar-refractivity contribution in [3.05, 3.63) is 95.7 Å². The smallest absolute Gasteiger partial charge is 0.267 e. The van der Waals surface area contributed by atoms with Gasteiger partial charge in [-0.15, -0.1) is 0 Å². The topological polar surface area (TPSA) is 82.2 Å². The summed E-state index contributed by atoms with van der Waals surface area (Å²) < 4.78 is 0. The number of rotatable bonds is 5. The van der Waals surface area contributed by atoms with Crippen LogP contribution in [0, 0.1) is 25.2 Å². The van der Waals surface area contributed by atoms with E-state index in [1.165, 1.54) is 0 Å². The summed E-state index contributed by atoms with van der Waals surface area (Å²) in [7, 11) is 0. The Balaban J connectivity index is 1.98. The molecular weight excluding hydrogens is 360 g/mol. The maximum atomic E-state index is 12.8. The first-order valence-corrected chi connectivity index (χ1v) is 9.19. The van der Waals surface area contributed by atoms with Crippen molar-refractivity contribution in [2.24, 2.45) is 0 Å². The van der Waals surface area contributed by atoms with Gasteiger partial charge in [-0.05, 0) is 67.4 Å². The summed E-state index contributed by atoms with van der Waals surface area (Å²) in [5.41, 5.74) is 10.8. The predicted molar refractivity (Wildman–Crippen MR) is 118 cm³/mol. The fourth-order valence-corrected chi connectivity index (χ4v) is 2.87. The van der Waals surface area contributed by atoms with E-state index in [2.05, 4.69) is 5.32 Å². The number of anilines is 4. The van der Waals surface area contributed by atoms with E-state index in [4.69, 9.17) is 5.73 Å². The maximum Gasteiger partial charge on any atom is 0.267 e. The molecule has 3 rings (SSSR count). The van der Waals surface area contributed by atoms with Gasteiger partial charge >= 0.3 is 0 Å². The molecule has 0 aromatic heterocycles. The highest BCUT2D eigenvalue weighted by molar-refractivity contribution is 6.07. The van der Waals surface area contributed by atoms with Crippen molar-refractivity contribution in [2.75, 3.05) is 16.0 Å². The molecule has 1 amide bonds. The number of amides is 1. The minimum Gasteiger partial charge on any atom is -0.399 e. The molecule has 0 spiro atoms. The Morgan fingerprint density at radius 3 is 2.28 bits per heavy atom. The molecule has 5 heteroatoms. The van der Waals surface area contributed by atoms with E-state index < -0.39 is 5.91 Å². The van der Waals surface area contributed by atoms with Crippen LogP contribution in [0.3, 0.4) is 0 Å². The van der Waals surface area contributed by atoms with Gasteiger partial charge in [-0.3, -0.25) is 4.79 Å². The highest BCUT2D eigenvalue weighted by atomic mass is 16.1. The van der Waals surface area contributed by atoms with E-state index in [1.54, 1.807) is 23.2 Å². The molecule has 3 aromatic carbocycles. The Morgan fingerprint density at radius 1 is 0.966 bits per heavy atom. The van der Waals surface area contributed by atoms with Gasteiger partial charge in [0.05, 0.1) is 0 Å². The van der Waals surface area contributed by atoms with Gasteiger partial charge in [0.25, 0.3) is 5.91 Å². The molecule has 0 saturated carbocycles. The van der Waals surface area contributed by atoms with Gasteiger partial charge in [-0.1, -0.05) is 30.3 Å². The average Bonchev–Trinajstić information content (AvgIpc) is 2.74. The number of nitriles is 1. The number of nitrogens with two attached hydrogens (primary N) is 1. The second kappa shape index (κ2) is 8.77. The van der Waals surface area contributed by atoms with E-state index in [0.717, 1.165) is 22.5 Å². The van der Waals surface area contributed by atoms with Crippen LogP contribution in [0.15, 0.2) is 84.6 Å². The number of hydrogen-bond acceptors (Lipinski definition) is 4. The van der Waals surface area contributed by atoms with Crippen molar-refractivity contribution in [1.82, 2.24) is 0 Å². The number of nitrogens with zero attached hydrogens (tertiary/aromatic N) is 2. The van der Waals surface area contributed by atoms with Crippen LogP contribution in [0.4, 0.5) is 22.7 Å². The molecule has 0 unspecified atom stereocenters. The molecule has 0 radical (unpaired) electrons. The number of benzene rings is 3. The van der Waals surface area contributed by atoms with Gasteiger partial charge in [0.1, 0.15) is 11.6 Å². The second-order valence-corrected chi connectivity index (χ2v) is 6.65. The van der Waals surface area contributed by atoms with Crippen LogP contribution in [-0.4, -0.2) is 5.91 Å². The quantitative estimate of drug-likeness (QED) is 0.367. The summed E-state index contributed by atoms with van der Waals surface area (Å²) in [5.74, 6) is -0.461. The van der Waals surface area contributed by atoms with Crippen LogP contribution in [0.1, 0.15) is 11.1 Å². The minimum absolute atomic E-state index is 0.00779. The van der Waals surface area contributed by atoms with Crippen LogP contribution in [0.2, 0.25) is 0 Å². The van der Waals surface area contributed by atoms with E-state index in [9.17, 15) is 10.1 Å². The summed E-state index contributed by atoms with van der Waals surface area (Å²) in [6.07, 6.45) is 1.54. The third-order valence-electron chi connectivity index (χ3n) is 4.68. The van der Waals surface area contributed by atoms with Gasteiger partial charge in [-0.25, -0.2) is 0 Å². The molecule has 0 saturated heterocycles. The molecule has 0 fully saturated rings. The summed E-state index contributed by atoms with van der Waals surface area (Å²) in [6.45, 7) is 3.91. The Bertz CT molecular complexity index is 1080. The van der Waals surface area contributed by atoms with Crippen molar-refractivity contribution in [3.8, 4) is 6.07 Å². The van der Waals surface area contributed by atoms with Crippen LogP contribution in [0.5, 0.6) is 0 Å². The summed E-state index contributed by atoms with van der Waals surface area (Å²) >= 11 is 0. The molecule has 0 heterocycles. The summed E-state index contributed by atoms with van der Waals surface area (Å²) in [4.78, 5) is 14.6. The molecule has 0 aliphatic rings. The first-order valence-electron chi connectivity index (χ1n) is 9.19. The molecule has 0 bridgehead atoms. The summed E-state index contributed by atoms with van der Waals surface area (Å²) in [6, 6.07) is 24.5. The zero-order valence-corrected chi connectivity index (χ0v) is 16.4. The molecule has 3 N–H and O–H groups in total. The van der Waals surface area contributed by atoms with E-state index in [-0.39, 0.29) is 5.57 Å². The lowest BCUT2D eigenvalue weighted by molar-refractivity contribution is -0.112. The van der Waals surface area contributed by atoms with Crippen molar-refractivity contribution in [2.45, 2.75) is 13.8 Å². The van der Waals surface area contributed by atoms with Gasteiger partial charge in [-0.2, -0.15) is 5.26 Å². The lowest BCUT2D eigenvalue weighted by atomic mass is 10.1. The fourth-order valence-electron chi connectivity index (χ4n) is 2.87. The molecule has 0 aliphatic heterocycles. The summed E-state index contributed by atoms with van der Waals surface area (Å²) in [5, 5.41) is 12.5. The predicted octanol–water partition coefficient (Wildman–Crippen LogP) is 5.07. The standard InChI is InChI=1S/C24H22N4O/c1-17-7-6-10-23(18(17)2)27-24(29)19(15-25)16-28(21-8-4-3-5-9-21)22-13-11-20(26)12-14-22/h3-14,16H,26H2,1-2H3,(H,27,29)/b19-16-. The Labute approximate surface area is 170 Å². The molecular formula is C24H22N4O. The number of carbonyl (C=O) groups is 1. The first-order chi connectivity index (χ1) is 14.0. The number of carbonyl (C=O) groups excluding carboxylic acids is 1. The largest absolute Gasteiger partial charge is 0.399 e. The molecule has 0 aliphatic carbocycles. The normalized spacial score (nSPS) is 10.9. The minimum atomic E-state index is -0.461. The SMILES string of the molecule is Cc1cccc(NC(=O)/C(C#N)=C\N(c2ccccc2)c2ccc(N)cc2)c1C. The van der Waals surface area contributed by atoms with Gasteiger partial charge in [0.15, 0.2) is 0 Å². The van der Waals surface area contributed by atoms with Crippen LogP contribution >= 0.6 is 0 Å². The highest BCUT2D eigenvalue weighted by Crippen LogP contribution is 2.27. The van der Waals surface area contributed by atoms with Gasteiger partial charge in [0, 0.05) is 28.9 Å². The van der Waals surface area contributed by atoms with E-state index in [0.29, 0.717) is 11.4 Å². The van der Waals surface area contributed by atoms with Gasteiger partial charge in [0.2, 0.25) is 0 Å². The lowest BCUT2D eigenvalue weighted by Crippen LogP contribution is -2.18. The maximum absolute atomic E-state index is 12.8. The van der Waals surface area contributed by atoms with Crippen molar-refractivity contribution < 1.29 is 4.79 Å². The third-order valence-corrected chi connectivity index (χ3v) is 4.68. The second-order valence-electron chi connectivity index (χ2n) is 6.65. The van der Waals surface area contributed by atoms with E-state index in [1.807, 2.05) is 80.6 Å². The lowest BCUT2D eigenvalue weighted by Gasteiger charge is -2.21. The zero-order valence-electron chi connectivity index (χ0n) is 16.4. The Hall–Kier alpha value is -4.04. The molecule has 29 heavy (non-hydrogen) atoms. The molecule has 0 atom stereocenters. The number of nitrogen functional groups attached to an aromatic ring is 1. The first kappa shape index (κ1) is 19.7. The highest BCUT2D eigenvalue weighted by Gasteiger charge is 2.15. The van der Waals surface area contributed by atoms with Crippen LogP contribution < -0.4 is 16.0 Å². The number of nitrogens with one attached hydrogen (secondary N) is 1. The number of aryl methyl sites for hydroxylation is 1. The van der Waals surface area contributed by atoms with Crippen LogP contribution in [-0.2, 0) is 4.79 Å². The van der Waals surface area contributed by atoms with E-state index >= 15 is 0 Å². The Kier molecular flexibility index (Phi) is 5.96. The number of para-hydroxylation sites is 1. The number of hydrogen-bond donors (Lipinski definition) is 2. The van der Waals surface area contributed by atoms with Crippen molar-refractivity contribution >= 4 is 28.7 Å². The van der Waals surface area contributed by atoms with Crippen LogP contribution in [0.25, 0.3) is 0 Å². The van der Waals surface area contributed by atoms with Crippen molar-refractivity contribution in [1.29, 1.82) is 5.26 Å². The third kappa shape index (κ3) is 4.63.